The molecule has 21 heavy (non-hydrogen) atoms. The van der Waals surface area contributed by atoms with Crippen LogP contribution in [-0.2, 0) is 9.59 Å². The van der Waals surface area contributed by atoms with Gasteiger partial charge in [0.1, 0.15) is 0 Å². The van der Waals surface area contributed by atoms with Crippen molar-refractivity contribution in [1.29, 1.82) is 0 Å². The molecule has 1 atom stereocenters. The minimum atomic E-state index is -4.39. The van der Waals surface area contributed by atoms with Crippen molar-refractivity contribution in [2.75, 3.05) is 19.6 Å². The predicted molar refractivity (Wildman–Crippen MR) is 68.8 cm³/mol. The fraction of sp³-hybridized carbons (Fsp3) is 0.385. The molecule has 0 spiro atoms. The van der Waals surface area contributed by atoms with Crippen molar-refractivity contribution in [3.05, 3.63) is 35.9 Å². The van der Waals surface area contributed by atoms with Gasteiger partial charge in [-0.2, -0.15) is 13.2 Å². The van der Waals surface area contributed by atoms with Crippen LogP contribution in [0.3, 0.4) is 0 Å². The summed E-state index contributed by atoms with van der Waals surface area (Å²) in [6.45, 7) is -1.99. The summed E-state index contributed by atoms with van der Waals surface area (Å²) < 4.78 is 35.6. The first-order valence-corrected chi connectivity index (χ1v) is 6.11. The van der Waals surface area contributed by atoms with Crippen LogP contribution in [0.15, 0.2) is 30.3 Å². The van der Waals surface area contributed by atoms with Gasteiger partial charge in [-0.05, 0) is 5.56 Å². The molecule has 3 N–H and O–H groups in total. The highest BCUT2D eigenvalue weighted by molar-refractivity contribution is 5.80. The van der Waals surface area contributed by atoms with Crippen LogP contribution in [0.1, 0.15) is 11.5 Å². The third-order valence-corrected chi connectivity index (χ3v) is 2.61. The van der Waals surface area contributed by atoms with Crippen molar-refractivity contribution in [2.45, 2.75) is 12.1 Å². The molecule has 0 aliphatic heterocycles. The van der Waals surface area contributed by atoms with Gasteiger partial charge in [0.15, 0.2) is 0 Å². The Morgan fingerprint density at radius 3 is 2.33 bits per heavy atom. The fourth-order valence-corrected chi connectivity index (χ4v) is 1.63. The molecule has 0 saturated carbocycles. The molecule has 116 valence electrons. The zero-order valence-corrected chi connectivity index (χ0v) is 11.0. The highest BCUT2D eigenvalue weighted by Crippen LogP contribution is 2.14. The van der Waals surface area contributed by atoms with Crippen molar-refractivity contribution in [2.24, 2.45) is 0 Å². The van der Waals surface area contributed by atoms with Crippen LogP contribution in [0.2, 0.25) is 0 Å². The van der Waals surface area contributed by atoms with E-state index in [1.54, 1.807) is 30.3 Å². The molecule has 0 heterocycles. The second-order valence-corrected chi connectivity index (χ2v) is 4.32. The lowest BCUT2D eigenvalue weighted by atomic mass is 9.99. The number of aliphatic carboxylic acids is 1. The molecule has 1 aromatic carbocycles. The maximum atomic E-state index is 11.9. The molecule has 0 saturated heterocycles. The molecular formula is C13H15F3N2O3. The number of hydrogen-bond acceptors (Lipinski definition) is 3. The van der Waals surface area contributed by atoms with Gasteiger partial charge in [0.05, 0.1) is 19.0 Å². The Morgan fingerprint density at radius 2 is 1.81 bits per heavy atom. The monoisotopic (exact) mass is 304 g/mol. The first-order valence-electron chi connectivity index (χ1n) is 6.11. The summed E-state index contributed by atoms with van der Waals surface area (Å²) in [5.74, 6) is -2.76. The number of alkyl halides is 3. The topological polar surface area (TPSA) is 78.4 Å². The molecular weight excluding hydrogens is 289 g/mol. The Morgan fingerprint density at radius 1 is 1.19 bits per heavy atom. The predicted octanol–water partition coefficient (Wildman–Crippen LogP) is 1.12. The molecule has 0 bridgehead atoms. The number of hydrogen-bond donors (Lipinski definition) is 3. The second kappa shape index (κ2) is 7.63. The normalized spacial score (nSPS) is 12.7. The van der Waals surface area contributed by atoms with Crippen molar-refractivity contribution in [3.8, 4) is 0 Å². The first-order chi connectivity index (χ1) is 9.79. The first kappa shape index (κ1) is 17.0. The molecule has 0 aromatic heterocycles. The van der Waals surface area contributed by atoms with Gasteiger partial charge in [-0.1, -0.05) is 30.3 Å². The van der Waals surface area contributed by atoms with E-state index in [4.69, 9.17) is 5.11 Å². The van der Waals surface area contributed by atoms with E-state index >= 15 is 0 Å². The highest BCUT2D eigenvalue weighted by Gasteiger charge is 2.26. The van der Waals surface area contributed by atoms with Crippen LogP contribution in [0.5, 0.6) is 0 Å². The number of carbonyl (C=O) groups excluding carboxylic acids is 1. The van der Waals surface area contributed by atoms with Crippen LogP contribution in [0.4, 0.5) is 13.2 Å². The van der Waals surface area contributed by atoms with Crippen molar-refractivity contribution >= 4 is 11.9 Å². The quantitative estimate of drug-likeness (QED) is 0.705. The van der Waals surface area contributed by atoms with E-state index in [-0.39, 0.29) is 6.54 Å². The molecule has 5 nitrogen and oxygen atoms in total. The second-order valence-electron chi connectivity index (χ2n) is 4.32. The number of carboxylic acids is 1. The summed E-state index contributed by atoms with van der Waals surface area (Å²) in [5.41, 5.74) is 0.508. The number of benzene rings is 1. The third-order valence-electron chi connectivity index (χ3n) is 2.61. The number of carbonyl (C=O) groups is 2. The van der Waals surface area contributed by atoms with Crippen molar-refractivity contribution in [1.82, 2.24) is 10.6 Å². The number of amides is 1. The lowest BCUT2D eigenvalue weighted by molar-refractivity contribution is -0.138. The zero-order valence-electron chi connectivity index (χ0n) is 11.0. The number of nitrogens with one attached hydrogen (secondary N) is 2. The minimum Gasteiger partial charge on any atom is -0.481 e. The van der Waals surface area contributed by atoms with E-state index < -0.39 is 37.1 Å². The van der Waals surface area contributed by atoms with E-state index in [0.717, 1.165) is 0 Å². The SMILES string of the molecule is O=C(CNCC(F)(F)F)NCC(C(=O)O)c1ccccc1. The van der Waals surface area contributed by atoms with Gasteiger partial charge < -0.3 is 15.7 Å². The molecule has 0 aliphatic carbocycles. The van der Waals surface area contributed by atoms with Crippen molar-refractivity contribution < 1.29 is 27.9 Å². The maximum Gasteiger partial charge on any atom is 0.401 e. The molecule has 8 heteroatoms. The van der Waals surface area contributed by atoms with Gasteiger partial charge in [-0.3, -0.25) is 9.59 Å². The Kier molecular flexibility index (Phi) is 6.16. The van der Waals surface area contributed by atoms with Crippen LogP contribution in [0.25, 0.3) is 0 Å². The van der Waals surface area contributed by atoms with Crippen LogP contribution >= 0.6 is 0 Å². The van der Waals surface area contributed by atoms with E-state index in [1.807, 2.05) is 5.32 Å². The van der Waals surface area contributed by atoms with Crippen molar-refractivity contribution in [3.63, 3.8) is 0 Å². The summed E-state index contributed by atoms with van der Waals surface area (Å²) in [5, 5.41) is 13.3. The average Bonchev–Trinajstić information content (AvgIpc) is 2.38. The molecule has 1 rings (SSSR count). The Balaban J connectivity index is 2.44. The Hall–Kier alpha value is -2.09. The van der Waals surface area contributed by atoms with E-state index in [9.17, 15) is 22.8 Å². The van der Waals surface area contributed by atoms with Crippen LogP contribution in [-0.4, -0.2) is 42.8 Å². The number of halogens is 3. The standard InChI is InChI=1S/C13H15F3N2O3/c14-13(15,16)8-17-7-11(19)18-6-10(12(20)21)9-4-2-1-3-5-9/h1-5,10,17H,6-8H2,(H,18,19)(H,20,21). The van der Waals surface area contributed by atoms with Gasteiger partial charge in [0.25, 0.3) is 0 Å². The van der Waals surface area contributed by atoms with Gasteiger partial charge in [-0.15, -0.1) is 0 Å². The number of carboxylic acid groups (broad SMARTS) is 1. The molecule has 0 fully saturated rings. The molecule has 1 aromatic rings. The zero-order chi connectivity index (χ0) is 15.9. The summed E-state index contributed by atoms with van der Waals surface area (Å²) in [6, 6.07) is 8.26. The molecule has 0 radical (unpaired) electrons. The lowest BCUT2D eigenvalue weighted by Crippen LogP contribution is -2.40. The maximum absolute atomic E-state index is 11.9. The fourth-order valence-electron chi connectivity index (χ4n) is 1.63. The van der Waals surface area contributed by atoms with Gasteiger partial charge >= 0.3 is 12.1 Å². The summed E-state index contributed by atoms with van der Waals surface area (Å²) in [6.07, 6.45) is -4.39. The summed E-state index contributed by atoms with van der Waals surface area (Å²) in [4.78, 5) is 22.5. The van der Waals surface area contributed by atoms with Gasteiger partial charge in [0, 0.05) is 6.54 Å². The van der Waals surface area contributed by atoms with Crippen LogP contribution < -0.4 is 10.6 Å². The Labute approximate surface area is 119 Å². The Bertz CT molecular complexity index is 477. The number of rotatable bonds is 7. The summed E-state index contributed by atoms with van der Waals surface area (Å²) in [7, 11) is 0. The van der Waals surface area contributed by atoms with Gasteiger partial charge in [-0.25, -0.2) is 0 Å². The minimum absolute atomic E-state index is 0.189. The highest BCUT2D eigenvalue weighted by atomic mass is 19.4. The third kappa shape index (κ3) is 6.75. The lowest BCUT2D eigenvalue weighted by Gasteiger charge is -2.14. The van der Waals surface area contributed by atoms with Crippen LogP contribution in [0, 0.1) is 0 Å². The van der Waals surface area contributed by atoms with Gasteiger partial charge in [0.2, 0.25) is 5.91 Å². The van der Waals surface area contributed by atoms with E-state index in [2.05, 4.69) is 5.32 Å². The average molecular weight is 304 g/mol. The summed E-state index contributed by atoms with van der Waals surface area (Å²) >= 11 is 0. The molecule has 1 unspecified atom stereocenters. The van der Waals surface area contributed by atoms with E-state index in [0.29, 0.717) is 5.56 Å². The molecule has 0 aliphatic rings. The molecule has 1 amide bonds. The largest absolute Gasteiger partial charge is 0.481 e. The van der Waals surface area contributed by atoms with E-state index in [1.165, 1.54) is 0 Å². The smallest absolute Gasteiger partial charge is 0.401 e.